The van der Waals surface area contributed by atoms with Crippen LogP contribution >= 0.6 is 22.9 Å². The van der Waals surface area contributed by atoms with Gasteiger partial charge in [-0.25, -0.2) is 9.78 Å². The first-order valence-corrected chi connectivity index (χ1v) is 7.25. The fourth-order valence-electron chi connectivity index (χ4n) is 1.63. The molecule has 0 amide bonds. The van der Waals surface area contributed by atoms with Gasteiger partial charge in [-0.3, -0.25) is 0 Å². The number of carboxylic acid groups (broad SMARTS) is 1. The fourth-order valence-corrected chi connectivity index (χ4v) is 3.08. The quantitative estimate of drug-likeness (QED) is 0.881. The third-order valence-corrected chi connectivity index (χ3v) is 4.32. The van der Waals surface area contributed by atoms with Crippen LogP contribution in [0.25, 0.3) is 0 Å². The molecular formula is C11H11N3O2S2. The van der Waals surface area contributed by atoms with Gasteiger partial charge in [0.1, 0.15) is 5.82 Å². The highest BCUT2D eigenvalue weighted by Gasteiger charge is 2.29. The Bertz CT molecular complexity index is 548. The van der Waals surface area contributed by atoms with Crippen LogP contribution in [0.5, 0.6) is 0 Å². The van der Waals surface area contributed by atoms with E-state index in [1.54, 1.807) is 6.07 Å². The van der Waals surface area contributed by atoms with Crippen LogP contribution in [0, 0.1) is 0 Å². The van der Waals surface area contributed by atoms with Gasteiger partial charge in [0.15, 0.2) is 6.04 Å². The lowest BCUT2D eigenvalue weighted by atomic mass is 10.2. The minimum absolute atomic E-state index is 0.488. The topological polar surface area (TPSA) is 75.1 Å². The predicted octanol–water partition coefficient (Wildman–Crippen LogP) is 2.71. The molecule has 5 nitrogen and oxygen atoms in total. The minimum Gasteiger partial charge on any atom is -0.479 e. The van der Waals surface area contributed by atoms with E-state index in [-0.39, 0.29) is 0 Å². The summed E-state index contributed by atoms with van der Waals surface area (Å²) in [6.45, 7) is 0. The van der Waals surface area contributed by atoms with Crippen molar-refractivity contribution in [3.05, 3.63) is 28.2 Å². The second-order valence-corrected chi connectivity index (χ2v) is 5.89. The molecule has 3 rings (SSSR count). The molecule has 0 radical (unpaired) electrons. The molecule has 2 aromatic rings. The molecule has 0 aliphatic heterocycles. The van der Waals surface area contributed by atoms with Crippen LogP contribution in [-0.4, -0.2) is 20.4 Å². The first-order valence-electron chi connectivity index (χ1n) is 5.60. The Kier molecular flexibility index (Phi) is 3.00. The second-order valence-electron chi connectivity index (χ2n) is 4.16. The van der Waals surface area contributed by atoms with Gasteiger partial charge in [-0.1, -0.05) is 6.07 Å². The van der Waals surface area contributed by atoms with Gasteiger partial charge in [-0.15, -0.1) is 11.3 Å². The van der Waals surface area contributed by atoms with Crippen molar-refractivity contribution in [2.45, 2.75) is 24.8 Å². The van der Waals surface area contributed by atoms with Crippen LogP contribution in [0.3, 0.4) is 0 Å². The number of aliphatic carboxylic acids is 1. The average molecular weight is 281 g/mol. The number of carbonyl (C=O) groups is 1. The molecule has 1 aliphatic rings. The summed E-state index contributed by atoms with van der Waals surface area (Å²) >= 11 is 2.65. The Labute approximate surface area is 112 Å². The normalized spacial score (nSPS) is 16.4. The number of thiophene rings is 1. The molecule has 2 N–H and O–H groups in total. The van der Waals surface area contributed by atoms with Crippen molar-refractivity contribution < 1.29 is 9.90 Å². The molecule has 1 aliphatic carbocycles. The van der Waals surface area contributed by atoms with E-state index in [1.165, 1.54) is 22.9 Å². The van der Waals surface area contributed by atoms with Gasteiger partial charge in [0, 0.05) is 22.3 Å². The van der Waals surface area contributed by atoms with E-state index in [4.69, 9.17) is 0 Å². The molecule has 1 unspecified atom stereocenters. The maximum absolute atomic E-state index is 11.3. The highest BCUT2D eigenvalue weighted by Crippen LogP contribution is 2.39. The zero-order valence-electron chi connectivity index (χ0n) is 9.37. The molecule has 1 atom stereocenters. The van der Waals surface area contributed by atoms with Crippen LogP contribution < -0.4 is 5.32 Å². The summed E-state index contributed by atoms with van der Waals surface area (Å²) in [6.07, 6.45) is 2.28. The molecule has 7 heteroatoms. The Morgan fingerprint density at radius 1 is 1.56 bits per heavy atom. The van der Waals surface area contributed by atoms with Crippen molar-refractivity contribution in [2.75, 3.05) is 5.32 Å². The van der Waals surface area contributed by atoms with E-state index in [0.29, 0.717) is 11.0 Å². The fraction of sp³-hybridized carbons (Fsp3) is 0.364. The van der Waals surface area contributed by atoms with Gasteiger partial charge >= 0.3 is 5.97 Å². The van der Waals surface area contributed by atoms with Crippen LogP contribution in [0.2, 0.25) is 0 Å². The molecule has 0 spiro atoms. The standard InChI is InChI=1S/C11H11N3O2S2/c15-10(16)8(7-2-1-5-17-7)12-11-13-9(14-18-11)6-3-4-6/h1-2,5-6,8H,3-4H2,(H,15,16)(H,12,13,14). The van der Waals surface area contributed by atoms with Gasteiger partial charge in [0.2, 0.25) is 5.13 Å². The SMILES string of the molecule is O=C(O)C(Nc1nc(C2CC2)ns1)c1cccs1. The predicted molar refractivity (Wildman–Crippen MR) is 70.2 cm³/mol. The van der Waals surface area contributed by atoms with Crippen molar-refractivity contribution in [3.8, 4) is 0 Å². The van der Waals surface area contributed by atoms with Gasteiger partial charge < -0.3 is 10.4 Å². The molecule has 1 fully saturated rings. The summed E-state index contributed by atoms with van der Waals surface area (Å²) in [4.78, 5) is 16.4. The third kappa shape index (κ3) is 2.37. The molecule has 18 heavy (non-hydrogen) atoms. The smallest absolute Gasteiger partial charge is 0.331 e. The number of aromatic nitrogens is 2. The monoisotopic (exact) mass is 281 g/mol. The van der Waals surface area contributed by atoms with E-state index in [2.05, 4.69) is 14.7 Å². The largest absolute Gasteiger partial charge is 0.479 e. The van der Waals surface area contributed by atoms with Gasteiger partial charge in [0.05, 0.1) is 0 Å². The van der Waals surface area contributed by atoms with Crippen molar-refractivity contribution >= 4 is 34.0 Å². The van der Waals surface area contributed by atoms with E-state index < -0.39 is 12.0 Å². The molecule has 0 aromatic carbocycles. The molecular weight excluding hydrogens is 270 g/mol. The number of carboxylic acids is 1. The third-order valence-electron chi connectivity index (χ3n) is 2.73. The Morgan fingerprint density at radius 2 is 2.39 bits per heavy atom. The number of hydrogen-bond acceptors (Lipinski definition) is 6. The molecule has 94 valence electrons. The van der Waals surface area contributed by atoms with E-state index >= 15 is 0 Å². The van der Waals surface area contributed by atoms with Crippen molar-refractivity contribution in [2.24, 2.45) is 0 Å². The first-order chi connectivity index (χ1) is 8.74. The highest BCUT2D eigenvalue weighted by molar-refractivity contribution is 7.10. The van der Waals surface area contributed by atoms with E-state index in [9.17, 15) is 9.90 Å². The van der Waals surface area contributed by atoms with Crippen LogP contribution in [-0.2, 0) is 4.79 Å². The molecule has 1 saturated carbocycles. The summed E-state index contributed by atoms with van der Waals surface area (Å²) in [6, 6.07) is 2.90. The van der Waals surface area contributed by atoms with Crippen LogP contribution in [0.15, 0.2) is 17.5 Å². The van der Waals surface area contributed by atoms with Crippen molar-refractivity contribution in [1.29, 1.82) is 0 Å². The Hall–Kier alpha value is -1.47. The number of nitrogens with zero attached hydrogens (tertiary/aromatic N) is 2. The summed E-state index contributed by atoms with van der Waals surface area (Å²) in [5.74, 6) is 0.431. The Balaban J connectivity index is 1.77. The molecule has 0 bridgehead atoms. The lowest BCUT2D eigenvalue weighted by molar-refractivity contribution is -0.138. The van der Waals surface area contributed by atoms with Crippen LogP contribution in [0.1, 0.15) is 35.5 Å². The molecule has 2 heterocycles. The first kappa shape index (κ1) is 11.6. The zero-order chi connectivity index (χ0) is 12.5. The number of anilines is 1. The van der Waals surface area contributed by atoms with E-state index in [0.717, 1.165) is 23.5 Å². The lowest BCUT2D eigenvalue weighted by Crippen LogP contribution is -2.19. The molecule has 0 saturated heterocycles. The van der Waals surface area contributed by atoms with Gasteiger partial charge in [-0.2, -0.15) is 4.37 Å². The number of hydrogen-bond donors (Lipinski definition) is 2. The van der Waals surface area contributed by atoms with Crippen molar-refractivity contribution in [1.82, 2.24) is 9.36 Å². The number of nitrogens with one attached hydrogen (secondary N) is 1. The summed E-state index contributed by atoms with van der Waals surface area (Å²) in [5.41, 5.74) is 0. The lowest BCUT2D eigenvalue weighted by Gasteiger charge is -2.10. The maximum atomic E-state index is 11.3. The molecule has 2 aromatic heterocycles. The average Bonchev–Trinajstić information content (AvgIpc) is 2.89. The number of rotatable bonds is 5. The zero-order valence-corrected chi connectivity index (χ0v) is 11.0. The highest BCUT2D eigenvalue weighted by atomic mass is 32.1. The summed E-state index contributed by atoms with van der Waals surface area (Å²) in [5, 5.41) is 14.6. The summed E-state index contributed by atoms with van der Waals surface area (Å²) in [7, 11) is 0. The Morgan fingerprint density at radius 3 is 3.00 bits per heavy atom. The van der Waals surface area contributed by atoms with Gasteiger partial charge in [-0.05, 0) is 24.3 Å². The van der Waals surface area contributed by atoms with Crippen LogP contribution in [0.4, 0.5) is 5.13 Å². The maximum Gasteiger partial charge on any atom is 0.331 e. The minimum atomic E-state index is -0.902. The second kappa shape index (κ2) is 4.66. The van der Waals surface area contributed by atoms with Gasteiger partial charge in [0.25, 0.3) is 0 Å². The summed E-state index contributed by atoms with van der Waals surface area (Å²) < 4.78 is 4.25. The van der Waals surface area contributed by atoms with E-state index in [1.807, 2.05) is 11.4 Å². The van der Waals surface area contributed by atoms with Crippen molar-refractivity contribution in [3.63, 3.8) is 0 Å².